The Bertz CT molecular complexity index is 1570. The number of phosphoric ester groups is 1. The van der Waals surface area contributed by atoms with E-state index >= 15 is 0 Å². The molecule has 3 unspecified atom stereocenters. The average Bonchev–Trinajstić information content (AvgIpc) is 3.49. The van der Waals surface area contributed by atoms with Gasteiger partial charge in [-0.1, -0.05) is 344 Å². The molecule has 85 heavy (non-hydrogen) atoms. The van der Waals surface area contributed by atoms with Crippen molar-refractivity contribution in [2.24, 2.45) is 0 Å². The predicted octanol–water partition coefficient (Wildman–Crippen LogP) is 23.9. The first-order chi connectivity index (χ1) is 41.5. The number of nitrogens with zero attached hydrogens (tertiary/aromatic N) is 1. The number of rotatable bonds is 69. The molecule has 1 amide bonds. The first kappa shape index (κ1) is 83.2. The Kier molecular flexibility index (Phi) is 65.2. The number of carbonyl (C=O) groups is 1. The maximum Gasteiger partial charge on any atom is 0.472 e. The zero-order valence-corrected chi connectivity index (χ0v) is 58.3. The minimum atomic E-state index is -4.37. The molecule has 9 heteroatoms. The minimum Gasteiger partial charge on any atom is -0.387 e. The molecule has 0 saturated carbocycles. The van der Waals surface area contributed by atoms with Gasteiger partial charge >= 0.3 is 7.82 Å². The molecular weight excluding hydrogens is 1070 g/mol. The van der Waals surface area contributed by atoms with E-state index in [9.17, 15) is 19.4 Å². The summed E-state index contributed by atoms with van der Waals surface area (Å²) in [6.07, 6.45) is 92.6. The molecule has 0 rings (SSSR count). The molecule has 0 aliphatic heterocycles. The number of allylic oxidation sites excluding steroid dienone is 9. The largest absolute Gasteiger partial charge is 0.472 e. The third-order valence-corrected chi connectivity index (χ3v) is 17.9. The molecule has 3 N–H and O–H groups in total. The zero-order valence-electron chi connectivity index (χ0n) is 57.4. The number of hydrogen-bond acceptors (Lipinski definition) is 5. The van der Waals surface area contributed by atoms with Gasteiger partial charge in [0.15, 0.2) is 0 Å². The van der Waals surface area contributed by atoms with Gasteiger partial charge in [-0.3, -0.25) is 13.8 Å². The maximum absolute atomic E-state index is 13.1. The van der Waals surface area contributed by atoms with E-state index in [2.05, 4.69) is 67.8 Å². The second-order valence-corrected chi connectivity index (χ2v) is 28.1. The predicted molar refractivity (Wildman–Crippen MR) is 374 cm³/mol. The molecule has 8 nitrogen and oxygen atoms in total. The van der Waals surface area contributed by atoms with Gasteiger partial charge in [0.25, 0.3) is 0 Å². The van der Waals surface area contributed by atoms with E-state index in [4.69, 9.17) is 9.05 Å². The lowest BCUT2D eigenvalue weighted by atomic mass is 10.0. The molecule has 0 heterocycles. The van der Waals surface area contributed by atoms with Crippen LogP contribution in [0, 0.1) is 0 Å². The highest BCUT2D eigenvalue weighted by Gasteiger charge is 2.28. The summed E-state index contributed by atoms with van der Waals surface area (Å²) in [7, 11) is 1.56. The highest BCUT2D eigenvalue weighted by Crippen LogP contribution is 2.43. The van der Waals surface area contributed by atoms with Gasteiger partial charge in [-0.15, -0.1) is 0 Å². The number of phosphoric acid groups is 1. The number of hydrogen-bond donors (Lipinski definition) is 3. The molecule has 500 valence electrons. The number of carbonyl (C=O) groups excluding carboxylic acids is 1. The summed E-state index contributed by atoms with van der Waals surface area (Å²) in [6.45, 7) is 4.83. The van der Waals surface area contributed by atoms with Crippen LogP contribution in [0.4, 0.5) is 0 Å². The quantitative estimate of drug-likeness (QED) is 0.0243. The fourth-order valence-electron chi connectivity index (χ4n) is 11.2. The summed E-state index contributed by atoms with van der Waals surface area (Å²) in [5, 5.41) is 14.0. The molecule has 0 aromatic carbocycles. The van der Waals surface area contributed by atoms with Gasteiger partial charge in [-0.2, -0.15) is 0 Å². The summed E-state index contributed by atoms with van der Waals surface area (Å²) < 4.78 is 23.8. The fourth-order valence-corrected chi connectivity index (χ4v) is 11.9. The lowest BCUT2D eigenvalue weighted by Gasteiger charge is -2.25. The van der Waals surface area contributed by atoms with Crippen molar-refractivity contribution >= 4 is 13.7 Å². The van der Waals surface area contributed by atoms with Crippen LogP contribution in [0.5, 0.6) is 0 Å². The minimum absolute atomic E-state index is 0.0541. The smallest absolute Gasteiger partial charge is 0.387 e. The maximum atomic E-state index is 13.1. The van der Waals surface area contributed by atoms with E-state index in [1.807, 2.05) is 27.2 Å². The lowest BCUT2D eigenvalue weighted by molar-refractivity contribution is -0.870. The Morgan fingerprint density at radius 2 is 0.682 bits per heavy atom. The van der Waals surface area contributed by atoms with E-state index in [0.717, 1.165) is 51.4 Å². The van der Waals surface area contributed by atoms with Crippen LogP contribution < -0.4 is 5.32 Å². The van der Waals surface area contributed by atoms with Crippen molar-refractivity contribution in [3.63, 3.8) is 0 Å². The van der Waals surface area contributed by atoms with Crippen LogP contribution in [0.2, 0.25) is 0 Å². The SMILES string of the molecule is CCCCCCC/C=C\C/C=C\CCCCCCCCCCCCCCCCCCCCCCCCCCCC(=O)NC(COP(=O)(O)OCC[N+](C)(C)C)C(O)/C=C/CC/C=C/CC/C=C/CCCCCCCCCCCCCCCCCC. The Morgan fingerprint density at radius 1 is 0.400 bits per heavy atom. The third kappa shape index (κ3) is 69.5. The lowest BCUT2D eigenvalue weighted by Crippen LogP contribution is -2.45. The Balaban J connectivity index is 4.02. The third-order valence-electron chi connectivity index (χ3n) is 16.9. The van der Waals surface area contributed by atoms with Crippen LogP contribution in [-0.2, 0) is 18.4 Å². The Hall–Kier alpha value is -1.80. The summed E-state index contributed by atoms with van der Waals surface area (Å²) in [5.41, 5.74) is 0. The van der Waals surface area contributed by atoms with Crippen LogP contribution in [0.3, 0.4) is 0 Å². The van der Waals surface area contributed by atoms with E-state index < -0.39 is 20.0 Å². The molecule has 0 aromatic heterocycles. The first-order valence-electron chi connectivity index (χ1n) is 37.2. The summed E-state index contributed by atoms with van der Waals surface area (Å²) in [6, 6.07) is -0.872. The van der Waals surface area contributed by atoms with Gasteiger partial charge < -0.3 is 19.8 Å². The van der Waals surface area contributed by atoms with Crippen LogP contribution in [0.15, 0.2) is 60.8 Å². The van der Waals surface area contributed by atoms with E-state index in [1.165, 1.54) is 295 Å². The van der Waals surface area contributed by atoms with E-state index in [1.54, 1.807) is 6.08 Å². The van der Waals surface area contributed by atoms with Gasteiger partial charge in [-0.05, 0) is 77.0 Å². The van der Waals surface area contributed by atoms with Gasteiger partial charge in [0.2, 0.25) is 5.91 Å². The number of nitrogens with one attached hydrogen (secondary N) is 1. The number of quaternary nitrogens is 1. The van der Waals surface area contributed by atoms with Gasteiger partial charge in [0.05, 0.1) is 39.9 Å². The van der Waals surface area contributed by atoms with Crippen molar-refractivity contribution in [2.75, 3.05) is 40.9 Å². The molecule has 0 fully saturated rings. The van der Waals surface area contributed by atoms with E-state index in [-0.39, 0.29) is 19.1 Å². The molecule has 0 spiro atoms. The molecule has 3 atom stereocenters. The monoisotopic (exact) mass is 1210 g/mol. The van der Waals surface area contributed by atoms with Crippen molar-refractivity contribution in [3.05, 3.63) is 60.8 Å². The summed E-state index contributed by atoms with van der Waals surface area (Å²) in [5.74, 6) is -0.184. The Labute approximate surface area is 530 Å². The molecule has 0 aliphatic carbocycles. The second kappa shape index (κ2) is 66.6. The molecule has 0 aliphatic rings. The fraction of sp³-hybridized carbons (Fsp3) is 0.855. The van der Waals surface area contributed by atoms with Crippen LogP contribution in [-0.4, -0.2) is 73.4 Å². The molecule has 0 radical (unpaired) electrons. The second-order valence-electron chi connectivity index (χ2n) is 26.7. The van der Waals surface area contributed by atoms with Crippen molar-refractivity contribution < 1.29 is 32.9 Å². The normalized spacial score (nSPS) is 13.9. The van der Waals surface area contributed by atoms with Crippen LogP contribution in [0.1, 0.15) is 367 Å². The molecule has 0 bridgehead atoms. The van der Waals surface area contributed by atoms with Gasteiger partial charge in [0, 0.05) is 6.42 Å². The van der Waals surface area contributed by atoms with Crippen molar-refractivity contribution in [1.29, 1.82) is 0 Å². The van der Waals surface area contributed by atoms with Crippen LogP contribution in [0.25, 0.3) is 0 Å². The van der Waals surface area contributed by atoms with E-state index in [0.29, 0.717) is 17.4 Å². The number of likely N-dealkylation sites (N-methyl/N-ethyl adjacent to an activating group) is 1. The van der Waals surface area contributed by atoms with Crippen molar-refractivity contribution in [3.8, 4) is 0 Å². The summed E-state index contributed by atoms with van der Waals surface area (Å²) >= 11 is 0. The Morgan fingerprint density at radius 3 is 1.01 bits per heavy atom. The highest BCUT2D eigenvalue weighted by atomic mass is 31.2. The standard InChI is InChI=1S/C76H145N2O6P/c1-6-8-10-12-14-16-18-20-22-24-26-28-30-32-34-35-36-37-38-39-40-41-42-43-44-46-48-50-52-54-56-58-60-62-64-66-68-70-76(80)77-74(73-84-85(81,82)83-72-71-78(3,4)5)75(79)69-67-65-63-61-59-57-55-53-51-49-47-45-33-31-29-27-25-23-21-19-17-15-13-11-9-7-2/h18,20,24,26,51,53,59,61,67,69,74-75,79H,6-17,19,21-23,25,27-50,52,54-58,60,62-66,68,70-73H2,1-5H3,(H-,77,80,81,82)/p+1/b20-18-,26-24-,53-51+,61-59+,69-67+. The van der Waals surface area contributed by atoms with Crippen LogP contribution >= 0.6 is 7.82 Å². The highest BCUT2D eigenvalue weighted by molar-refractivity contribution is 7.47. The van der Waals surface area contributed by atoms with Crippen molar-refractivity contribution in [1.82, 2.24) is 5.32 Å². The van der Waals surface area contributed by atoms with Gasteiger partial charge in [0.1, 0.15) is 13.2 Å². The zero-order chi connectivity index (χ0) is 61.9. The number of aliphatic hydroxyl groups excluding tert-OH is 1. The summed E-state index contributed by atoms with van der Waals surface area (Å²) in [4.78, 5) is 23.4. The first-order valence-corrected chi connectivity index (χ1v) is 38.7. The number of unbranched alkanes of at least 4 members (excludes halogenated alkanes) is 48. The number of amides is 1. The molecule has 0 saturated heterocycles. The molecule has 0 aromatic rings. The number of aliphatic hydroxyl groups is 1. The topological polar surface area (TPSA) is 105 Å². The average molecular weight is 1210 g/mol. The van der Waals surface area contributed by atoms with Gasteiger partial charge in [-0.25, -0.2) is 4.57 Å². The van der Waals surface area contributed by atoms with Crippen molar-refractivity contribution in [2.45, 2.75) is 379 Å². The molecular formula is C76H146N2O6P+.